The Morgan fingerprint density at radius 3 is 2.34 bits per heavy atom. The molecule has 0 aliphatic carbocycles. The summed E-state index contributed by atoms with van der Waals surface area (Å²) < 4.78 is 31.5. The Morgan fingerprint density at radius 2 is 1.72 bits per heavy atom. The van der Waals surface area contributed by atoms with Gasteiger partial charge in [0.05, 0.1) is 17.6 Å². The first-order valence-corrected chi connectivity index (χ1v) is 10.4. The van der Waals surface area contributed by atoms with Gasteiger partial charge in [-0.25, -0.2) is 8.42 Å². The molecule has 8 nitrogen and oxygen atoms in total. The molecule has 0 atom stereocenters. The number of hydrazine groups is 1. The average Bonchev–Trinajstić information content (AvgIpc) is 2.70. The van der Waals surface area contributed by atoms with Crippen LogP contribution < -0.4 is 15.6 Å². The number of nitrogens with zero attached hydrogens (tertiary/aromatic N) is 1. The molecule has 0 unspecified atom stereocenters. The SMILES string of the molecule is COc1ccc(Cl)cc1C(=O)NNC(=O)c1cccc(S(=O)(=O)N(C)C(C)C)c1. The van der Waals surface area contributed by atoms with Crippen LogP contribution in [0.3, 0.4) is 0 Å². The van der Waals surface area contributed by atoms with Gasteiger partial charge >= 0.3 is 0 Å². The molecule has 2 amide bonds. The number of sulfonamides is 1. The van der Waals surface area contributed by atoms with E-state index in [1.807, 2.05) is 0 Å². The molecule has 156 valence electrons. The van der Waals surface area contributed by atoms with Crippen LogP contribution in [0, 0.1) is 0 Å². The first kappa shape index (κ1) is 22.7. The quantitative estimate of drug-likeness (QED) is 0.672. The maximum absolute atomic E-state index is 12.6. The highest BCUT2D eigenvalue weighted by Crippen LogP contribution is 2.22. The van der Waals surface area contributed by atoms with E-state index in [4.69, 9.17) is 16.3 Å². The van der Waals surface area contributed by atoms with Crippen LogP contribution in [-0.2, 0) is 10.0 Å². The number of carbonyl (C=O) groups is 2. The molecule has 0 saturated heterocycles. The van der Waals surface area contributed by atoms with Crippen molar-refractivity contribution in [3.63, 3.8) is 0 Å². The van der Waals surface area contributed by atoms with Gasteiger partial charge in [0.15, 0.2) is 0 Å². The Bertz CT molecular complexity index is 1020. The van der Waals surface area contributed by atoms with Gasteiger partial charge < -0.3 is 4.74 Å². The molecule has 0 aliphatic rings. The topological polar surface area (TPSA) is 105 Å². The molecule has 10 heteroatoms. The molecular formula is C19H22ClN3O5S. The van der Waals surface area contributed by atoms with Gasteiger partial charge in [0, 0.05) is 23.7 Å². The number of amides is 2. The lowest BCUT2D eigenvalue weighted by molar-refractivity contribution is 0.0845. The highest BCUT2D eigenvalue weighted by Gasteiger charge is 2.24. The highest BCUT2D eigenvalue weighted by atomic mass is 35.5. The zero-order valence-corrected chi connectivity index (χ0v) is 18.0. The molecule has 2 aromatic carbocycles. The summed E-state index contributed by atoms with van der Waals surface area (Å²) in [4.78, 5) is 24.7. The lowest BCUT2D eigenvalue weighted by Crippen LogP contribution is -2.41. The smallest absolute Gasteiger partial charge is 0.273 e. The lowest BCUT2D eigenvalue weighted by atomic mass is 10.2. The van der Waals surface area contributed by atoms with Gasteiger partial charge in [-0.3, -0.25) is 20.4 Å². The average molecular weight is 440 g/mol. The summed E-state index contributed by atoms with van der Waals surface area (Å²) >= 11 is 5.90. The monoisotopic (exact) mass is 439 g/mol. The van der Waals surface area contributed by atoms with Crippen molar-refractivity contribution in [1.29, 1.82) is 0 Å². The summed E-state index contributed by atoms with van der Waals surface area (Å²) in [6.07, 6.45) is 0. The van der Waals surface area contributed by atoms with Crippen molar-refractivity contribution in [3.8, 4) is 5.75 Å². The van der Waals surface area contributed by atoms with E-state index < -0.39 is 21.8 Å². The molecule has 0 heterocycles. The largest absolute Gasteiger partial charge is 0.496 e. The van der Waals surface area contributed by atoms with Gasteiger partial charge in [-0.1, -0.05) is 17.7 Å². The van der Waals surface area contributed by atoms with Crippen LogP contribution in [0.4, 0.5) is 0 Å². The second-order valence-electron chi connectivity index (χ2n) is 6.40. The molecule has 29 heavy (non-hydrogen) atoms. The minimum Gasteiger partial charge on any atom is -0.496 e. The third-order valence-electron chi connectivity index (χ3n) is 4.20. The maximum atomic E-state index is 12.6. The number of rotatable bonds is 6. The molecule has 0 aliphatic heterocycles. The normalized spacial score (nSPS) is 11.4. The predicted octanol–water partition coefficient (Wildman–Crippen LogP) is 2.45. The molecule has 2 aromatic rings. The number of hydrogen-bond donors (Lipinski definition) is 2. The third kappa shape index (κ3) is 5.26. The molecule has 0 fully saturated rings. The first-order chi connectivity index (χ1) is 13.6. The standard InChI is InChI=1S/C19H22ClN3O5S/c1-12(2)23(3)29(26,27)15-7-5-6-13(10-15)18(24)21-22-19(25)16-11-14(20)8-9-17(16)28-4/h5-12H,1-4H3,(H,21,24)(H,22,25). The zero-order valence-electron chi connectivity index (χ0n) is 16.4. The number of carbonyl (C=O) groups excluding carboxylic acids is 2. The molecule has 0 saturated carbocycles. The van der Waals surface area contributed by atoms with Crippen molar-refractivity contribution in [2.24, 2.45) is 0 Å². The van der Waals surface area contributed by atoms with Crippen molar-refractivity contribution in [2.45, 2.75) is 24.8 Å². The van der Waals surface area contributed by atoms with Crippen LogP contribution in [0.15, 0.2) is 47.4 Å². The Morgan fingerprint density at radius 1 is 1.07 bits per heavy atom. The molecule has 0 spiro atoms. The van der Waals surface area contributed by atoms with Crippen molar-refractivity contribution >= 4 is 33.4 Å². The van der Waals surface area contributed by atoms with E-state index in [0.29, 0.717) is 5.02 Å². The van der Waals surface area contributed by atoms with E-state index in [-0.39, 0.29) is 27.8 Å². The summed E-state index contributed by atoms with van der Waals surface area (Å²) in [5.74, 6) is -1.03. The fourth-order valence-corrected chi connectivity index (χ4v) is 3.94. The Labute approximate surface area is 174 Å². The van der Waals surface area contributed by atoms with Crippen LogP contribution in [0.25, 0.3) is 0 Å². The molecular weight excluding hydrogens is 418 g/mol. The number of nitrogens with one attached hydrogen (secondary N) is 2. The Hall–Kier alpha value is -2.62. The first-order valence-electron chi connectivity index (χ1n) is 8.60. The summed E-state index contributed by atoms with van der Waals surface area (Å²) in [6, 6.07) is 9.79. The molecule has 0 aromatic heterocycles. The fourth-order valence-electron chi connectivity index (χ4n) is 2.35. The van der Waals surface area contributed by atoms with Gasteiger partial charge in [-0.2, -0.15) is 4.31 Å². The van der Waals surface area contributed by atoms with Gasteiger partial charge in [0.2, 0.25) is 10.0 Å². The number of hydrogen-bond acceptors (Lipinski definition) is 5. The molecule has 2 N–H and O–H groups in total. The van der Waals surface area contributed by atoms with Gasteiger partial charge in [-0.05, 0) is 50.2 Å². The number of ether oxygens (including phenoxy) is 1. The summed E-state index contributed by atoms with van der Waals surface area (Å²) in [5, 5.41) is 0.328. The zero-order chi connectivity index (χ0) is 21.8. The van der Waals surface area contributed by atoms with Crippen LogP contribution >= 0.6 is 11.6 Å². The molecule has 2 rings (SSSR count). The van der Waals surface area contributed by atoms with Crippen molar-refractivity contribution in [3.05, 3.63) is 58.6 Å². The second kappa shape index (κ2) is 9.25. The van der Waals surface area contributed by atoms with E-state index >= 15 is 0 Å². The Kier molecular flexibility index (Phi) is 7.23. The van der Waals surface area contributed by atoms with Crippen molar-refractivity contribution in [2.75, 3.05) is 14.2 Å². The predicted molar refractivity (Wildman–Crippen MR) is 109 cm³/mol. The minimum absolute atomic E-state index is 0.0239. The van der Waals surface area contributed by atoms with E-state index in [1.165, 1.54) is 54.9 Å². The van der Waals surface area contributed by atoms with Crippen molar-refractivity contribution in [1.82, 2.24) is 15.2 Å². The van der Waals surface area contributed by atoms with Gasteiger partial charge in [-0.15, -0.1) is 0 Å². The molecule has 0 bridgehead atoms. The minimum atomic E-state index is -3.75. The van der Waals surface area contributed by atoms with Crippen LogP contribution in [0.2, 0.25) is 5.02 Å². The van der Waals surface area contributed by atoms with E-state index in [0.717, 1.165) is 0 Å². The maximum Gasteiger partial charge on any atom is 0.273 e. The third-order valence-corrected chi connectivity index (χ3v) is 6.46. The number of benzene rings is 2. The summed E-state index contributed by atoms with van der Waals surface area (Å²) in [6.45, 7) is 3.49. The van der Waals surface area contributed by atoms with Crippen LogP contribution in [0.1, 0.15) is 34.6 Å². The lowest BCUT2D eigenvalue weighted by Gasteiger charge is -2.21. The second-order valence-corrected chi connectivity index (χ2v) is 8.83. The highest BCUT2D eigenvalue weighted by molar-refractivity contribution is 7.89. The fraction of sp³-hybridized carbons (Fsp3) is 0.263. The van der Waals surface area contributed by atoms with Gasteiger partial charge in [0.25, 0.3) is 11.8 Å². The van der Waals surface area contributed by atoms with E-state index in [9.17, 15) is 18.0 Å². The van der Waals surface area contributed by atoms with Crippen LogP contribution in [0.5, 0.6) is 5.75 Å². The van der Waals surface area contributed by atoms with Gasteiger partial charge in [0.1, 0.15) is 5.75 Å². The van der Waals surface area contributed by atoms with E-state index in [1.54, 1.807) is 19.9 Å². The van der Waals surface area contributed by atoms with E-state index in [2.05, 4.69) is 10.9 Å². The molecule has 0 radical (unpaired) electrons. The number of methoxy groups -OCH3 is 1. The van der Waals surface area contributed by atoms with Crippen LogP contribution in [-0.4, -0.2) is 44.7 Å². The Balaban J connectivity index is 2.17. The number of halogens is 1. The summed E-state index contributed by atoms with van der Waals surface area (Å²) in [7, 11) is -0.882. The van der Waals surface area contributed by atoms with Crippen molar-refractivity contribution < 1.29 is 22.7 Å². The summed E-state index contributed by atoms with van der Waals surface area (Å²) in [5.41, 5.74) is 4.72.